The largest absolute Gasteiger partial charge is 0.465 e. The van der Waals surface area contributed by atoms with Crippen LogP contribution in [0.1, 0.15) is 16.8 Å². The van der Waals surface area contributed by atoms with Crippen LogP contribution in [-0.4, -0.2) is 25.0 Å². The van der Waals surface area contributed by atoms with Gasteiger partial charge in [0, 0.05) is 6.04 Å². The number of para-hydroxylation sites is 1. The normalized spacial score (nSPS) is 21.2. The maximum atomic E-state index is 12.1. The summed E-state index contributed by atoms with van der Waals surface area (Å²) in [6.07, 6.45) is 4.20. The Morgan fingerprint density at radius 2 is 2.05 bits per heavy atom. The summed E-state index contributed by atoms with van der Waals surface area (Å²) in [5.74, 6) is -0.893. The Bertz CT molecular complexity index is 525. The fourth-order valence-electron chi connectivity index (χ4n) is 2.03. The van der Waals surface area contributed by atoms with Crippen LogP contribution in [0.15, 0.2) is 36.4 Å². The Labute approximate surface area is 111 Å². The van der Waals surface area contributed by atoms with Gasteiger partial charge < -0.3 is 15.8 Å². The molecule has 0 aromatic heterocycles. The van der Waals surface area contributed by atoms with Gasteiger partial charge in [-0.05, 0) is 18.6 Å². The standard InChI is InChI=1S/C14H16N2O3/c1-19-14(18)11-4-2-3-5-12(11)16-13(17)9-6-7-10(15)8-9/h2-7,9-10H,8,15H2,1H3,(H,16,17). The molecule has 5 nitrogen and oxygen atoms in total. The summed E-state index contributed by atoms with van der Waals surface area (Å²) < 4.78 is 4.68. The van der Waals surface area contributed by atoms with E-state index in [0.717, 1.165) is 0 Å². The molecule has 2 rings (SSSR count). The van der Waals surface area contributed by atoms with E-state index in [1.807, 2.05) is 6.08 Å². The molecule has 1 aliphatic rings. The summed E-state index contributed by atoms with van der Waals surface area (Å²) in [4.78, 5) is 23.6. The predicted molar refractivity (Wildman–Crippen MR) is 71.6 cm³/mol. The van der Waals surface area contributed by atoms with Gasteiger partial charge in [0.05, 0.1) is 24.3 Å². The molecular formula is C14H16N2O3. The highest BCUT2D eigenvalue weighted by Crippen LogP contribution is 2.21. The Balaban J connectivity index is 2.13. The van der Waals surface area contributed by atoms with Gasteiger partial charge in [0.25, 0.3) is 0 Å². The number of nitrogens with one attached hydrogen (secondary N) is 1. The second-order valence-corrected chi connectivity index (χ2v) is 4.42. The molecule has 3 N–H and O–H groups in total. The molecule has 0 heterocycles. The monoisotopic (exact) mass is 260 g/mol. The fourth-order valence-corrected chi connectivity index (χ4v) is 2.03. The quantitative estimate of drug-likeness (QED) is 0.634. The van der Waals surface area contributed by atoms with Gasteiger partial charge in [0.1, 0.15) is 0 Å². The number of methoxy groups -OCH3 is 1. The Morgan fingerprint density at radius 3 is 2.68 bits per heavy atom. The summed E-state index contributed by atoms with van der Waals surface area (Å²) in [6.45, 7) is 0. The van der Waals surface area contributed by atoms with E-state index in [1.165, 1.54) is 7.11 Å². The molecule has 100 valence electrons. The molecule has 0 aliphatic heterocycles. The first kappa shape index (κ1) is 13.3. The van der Waals surface area contributed by atoms with Crippen molar-refractivity contribution in [2.75, 3.05) is 12.4 Å². The van der Waals surface area contributed by atoms with E-state index >= 15 is 0 Å². The smallest absolute Gasteiger partial charge is 0.339 e. The number of carbonyl (C=O) groups excluding carboxylic acids is 2. The lowest BCUT2D eigenvalue weighted by Crippen LogP contribution is -2.24. The summed E-state index contributed by atoms with van der Waals surface area (Å²) >= 11 is 0. The highest BCUT2D eigenvalue weighted by Gasteiger charge is 2.23. The van der Waals surface area contributed by atoms with Crippen molar-refractivity contribution in [1.29, 1.82) is 0 Å². The van der Waals surface area contributed by atoms with Gasteiger partial charge >= 0.3 is 5.97 Å². The van der Waals surface area contributed by atoms with Crippen molar-refractivity contribution < 1.29 is 14.3 Å². The lowest BCUT2D eigenvalue weighted by atomic mass is 10.1. The first-order valence-electron chi connectivity index (χ1n) is 6.04. The van der Waals surface area contributed by atoms with Gasteiger partial charge in [0.15, 0.2) is 0 Å². The first-order chi connectivity index (χ1) is 9.11. The van der Waals surface area contributed by atoms with Gasteiger partial charge in [-0.15, -0.1) is 0 Å². The minimum Gasteiger partial charge on any atom is -0.465 e. The molecular weight excluding hydrogens is 244 g/mol. The maximum Gasteiger partial charge on any atom is 0.339 e. The average Bonchev–Trinajstić information content (AvgIpc) is 2.85. The minimum absolute atomic E-state index is 0.0772. The van der Waals surface area contributed by atoms with Crippen LogP contribution in [0.5, 0.6) is 0 Å². The number of nitrogens with two attached hydrogens (primary N) is 1. The number of hydrogen-bond acceptors (Lipinski definition) is 4. The van der Waals surface area contributed by atoms with E-state index in [4.69, 9.17) is 5.73 Å². The molecule has 2 atom stereocenters. The molecule has 5 heteroatoms. The van der Waals surface area contributed by atoms with Gasteiger partial charge in [-0.2, -0.15) is 0 Å². The third-order valence-corrected chi connectivity index (χ3v) is 3.04. The van der Waals surface area contributed by atoms with Crippen LogP contribution in [0.2, 0.25) is 0 Å². The molecule has 1 aliphatic carbocycles. The number of anilines is 1. The number of esters is 1. The average molecular weight is 260 g/mol. The molecule has 0 saturated heterocycles. The SMILES string of the molecule is COC(=O)c1ccccc1NC(=O)C1C=CC(N)C1. The lowest BCUT2D eigenvalue weighted by Gasteiger charge is -2.12. The molecule has 2 unspecified atom stereocenters. The topological polar surface area (TPSA) is 81.4 Å². The molecule has 0 bridgehead atoms. The van der Waals surface area contributed by atoms with Gasteiger partial charge in [-0.25, -0.2) is 4.79 Å². The molecule has 1 amide bonds. The number of hydrogen-bond donors (Lipinski definition) is 2. The highest BCUT2D eigenvalue weighted by molar-refractivity contribution is 6.02. The van der Waals surface area contributed by atoms with Crippen LogP contribution >= 0.6 is 0 Å². The number of amides is 1. The summed E-state index contributed by atoms with van der Waals surface area (Å²) in [7, 11) is 1.31. The molecule has 0 radical (unpaired) electrons. The van der Waals surface area contributed by atoms with Crippen molar-refractivity contribution >= 4 is 17.6 Å². The van der Waals surface area contributed by atoms with E-state index in [0.29, 0.717) is 17.7 Å². The summed E-state index contributed by atoms with van der Waals surface area (Å²) in [5, 5.41) is 2.74. The molecule has 0 spiro atoms. The predicted octanol–water partition coefficient (Wildman–Crippen LogP) is 1.32. The maximum absolute atomic E-state index is 12.1. The third kappa shape index (κ3) is 3.00. The number of rotatable bonds is 3. The summed E-state index contributed by atoms with van der Waals surface area (Å²) in [5.41, 5.74) is 6.50. The second-order valence-electron chi connectivity index (χ2n) is 4.42. The van der Waals surface area contributed by atoms with E-state index in [-0.39, 0.29) is 17.9 Å². The minimum atomic E-state index is -0.477. The van der Waals surface area contributed by atoms with Crippen molar-refractivity contribution in [3.63, 3.8) is 0 Å². The molecule has 0 saturated carbocycles. The van der Waals surface area contributed by atoms with Crippen molar-refractivity contribution in [3.8, 4) is 0 Å². The van der Waals surface area contributed by atoms with Crippen molar-refractivity contribution in [3.05, 3.63) is 42.0 Å². The molecule has 1 aromatic rings. The van der Waals surface area contributed by atoms with E-state index in [2.05, 4.69) is 10.1 Å². The zero-order chi connectivity index (χ0) is 13.8. The van der Waals surface area contributed by atoms with E-state index in [9.17, 15) is 9.59 Å². The van der Waals surface area contributed by atoms with Crippen molar-refractivity contribution in [2.24, 2.45) is 11.7 Å². The molecule has 0 fully saturated rings. The van der Waals surface area contributed by atoms with Gasteiger partial charge in [0.2, 0.25) is 5.91 Å². The zero-order valence-electron chi connectivity index (χ0n) is 10.6. The zero-order valence-corrected chi connectivity index (χ0v) is 10.6. The first-order valence-corrected chi connectivity index (χ1v) is 6.04. The lowest BCUT2D eigenvalue weighted by molar-refractivity contribution is -0.118. The van der Waals surface area contributed by atoms with Crippen LogP contribution in [0.4, 0.5) is 5.69 Å². The van der Waals surface area contributed by atoms with Crippen LogP contribution in [0.25, 0.3) is 0 Å². The fraction of sp³-hybridized carbons (Fsp3) is 0.286. The van der Waals surface area contributed by atoms with Gasteiger partial charge in [-0.1, -0.05) is 24.3 Å². The number of benzene rings is 1. The van der Waals surface area contributed by atoms with Crippen LogP contribution in [0, 0.1) is 5.92 Å². The Morgan fingerprint density at radius 1 is 1.32 bits per heavy atom. The van der Waals surface area contributed by atoms with Crippen LogP contribution in [0.3, 0.4) is 0 Å². The van der Waals surface area contributed by atoms with E-state index < -0.39 is 5.97 Å². The van der Waals surface area contributed by atoms with Crippen molar-refractivity contribution in [2.45, 2.75) is 12.5 Å². The number of carbonyl (C=O) groups is 2. The molecule has 1 aromatic carbocycles. The second kappa shape index (κ2) is 5.67. The van der Waals surface area contributed by atoms with E-state index in [1.54, 1.807) is 30.3 Å². The van der Waals surface area contributed by atoms with Crippen LogP contribution in [-0.2, 0) is 9.53 Å². The molecule has 19 heavy (non-hydrogen) atoms. The Hall–Kier alpha value is -2.14. The van der Waals surface area contributed by atoms with Crippen LogP contribution < -0.4 is 11.1 Å². The third-order valence-electron chi connectivity index (χ3n) is 3.04. The number of ether oxygens (including phenoxy) is 1. The Kier molecular flexibility index (Phi) is 3.97. The van der Waals surface area contributed by atoms with Gasteiger partial charge in [-0.3, -0.25) is 4.79 Å². The summed E-state index contributed by atoms with van der Waals surface area (Å²) in [6, 6.07) is 6.66. The highest BCUT2D eigenvalue weighted by atomic mass is 16.5. The van der Waals surface area contributed by atoms with Crippen molar-refractivity contribution in [1.82, 2.24) is 0 Å².